The molecule has 0 bridgehead atoms. The van der Waals surface area contributed by atoms with Gasteiger partial charge in [0.05, 0.1) is 37.4 Å². The van der Waals surface area contributed by atoms with Gasteiger partial charge in [0, 0.05) is 29.7 Å². The molecule has 1 fully saturated rings. The van der Waals surface area contributed by atoms with E-state index in [1.807, 2.05) is 0 Å². The van der Waals surface area contributed by atoms with Gasteiger partial charge >= 0.3 is 5.69 Å². The molecule has 2 aromatic carbocycles. The number of hydrogen-bond donors (Lipinski definition) is 1. The molecule has 0 spiro atoms. The minimum atomic E-state index is -0.700. The van der Waals surface area contributed by atoms with Crippen molar-refractivity contribution in [3.8, 4) is 11.5 Å². The van der Waals surface area contributed by atoms with E-state index in [1.165, 1.54) is 25.5 Å². The third-order valence-corrected chi connectivity index (χ3v) is 5.29. The standard InChI is InChI=1S/C22H21ClN4O6/c1-31-18-11-15(23)10-14(20(18)33-13-19(28)26-6-8-32-9-7-26)12-24-27-21(29)16-4-2-3-5-17(16)25-22(27)30/h2-5,10-12H,6-9,13H2,1H3,(H,25,30). The normalized spacial score (nSPS) is 14.1. The number of aromatic amines is 1. The number of morpholine rings is 1. The Kier molecular flexibility index (Phi) is 6.76. The summed E-state index contributed by atoms with van der Waals surface area (Å²) in [6.07, 6.45) is 1.26. The van der Waals surface area contributed by atoms with Gasteiger partial charge in [-0.3, -0.25) is 9.59 Å². The highest BCUT2D eigenvalue weighted by Crippen LogP contribution is 2.34. The van der Waals surface area contributed by atoms with Crippen molar-refractivity contribution in [1.29, 1.82) is 0 Å². The number of fused-ring (bicyclic) bond motifs is 1. The van der Waals surface area contributed by atoms with Crippen molar-refractivity contribution in [2.24, 2.45) is 5.10 Å². The summed E-state index contributed by atoms with van der Waals surface area (Å²) in [5.41, 5.74) is -0.541. The van der Waals surface area contributed by atoms with Crippen LogP contribution in [0.5, 0.6) is 11.5 Å². The maximum Gasteiger partial charge on any atom is 0.349 e. The van der Waals surface area contributed by atoms with E-state index in [4.69, 9.17) is 25.8 Å². The van der Waals surface area contributed by atoms with E-state index in [0.717, 1.165) is 0 Å². The van der Waals surface area contributed by atoms with Crippen LogP contribution < -0.4 is 20.7 Å². The summed E-state index contributed by atoms with van der Waals surface area (Å²) < 4.78 is 17.1. The molecular formula is C22H21ClN4O6. The number of amides is 1. The molecule has 0 aliphatic carbocycles. The molecule has 4 rings (SSSR count). The van der Waals surface area contributed by atoms with Crippen LogP contribution in [0.4, 0.5) is 0 Å². The monoisotopic (exact) mass is 472 g/mol. The molecule has 1 N–H and O–H groups in total. The molecule has 1 aromatic heterocycles. The molecule has 3 aromatic rings. The quantitative estimate of drug-likeness (QED) is 0.543. The topological polar surface area (TPSA) is 115 Å². The zero-order valence-electron chi connectivity index (χ0n) is 17.7. The lowest BCUT2D eigenvalue weighted by atomic mass is 10.2. The lowest BCUT2D eigenvalue weighted by Gasteiger charge is -2.27. The number of aromatic nitrogens is 2. The van der Waals surface area contributed by atoms with Gasteiger partial charge in [0.2, 0.25) is 0 Å². The number of nitrogens with one attached hydrogen (secondary N) is 1. The Bertz CT molecular complexity index is 1330. The molecule has 2 heterocycles. The Morgan fingerprint density at radius 2 is 2.00 bits per heavy atom. The van der Waals surface area contributed by atoms with Crippen LogP contribution in [0.25, 0.3) is 10.9 Å². The van der Waals surface area contributed by atoms with E-state index >= 15 is 0 Å². The number of hydrogen-bond acceptors (Lipinski definition) is 7. The van der Waals surface area contributed by atoms with Gasteiger partial charge in [0.1, 0.15) is 0 Å². The smallest absolute Gasteiger partial charge is 0.349 e. The molecule has 0 saturated carbocycles. The summed E-state index contributed by atoms with van der Waals surface area (Å²) >= 11 is 6.18. The van der Waals surface area contributed by atoms with Crippen molar-refractivity contribution in [3.05, 3.63) is 67.8 Å². The second-order valence-corrected chi connectivity index (χ2v) is 7.58. The van der Waals surface area contributed by atoms with Crippen LogP contribution >= 0.6 is 11.6 Å². The molecule has 1 aliphatic heterocycles. The molecule has 172 valence electrons. The molecule has 1 saturated heterocycles. The van der Waals surface area contributed by atoms with Crippen molar-refractivity contribution in [2.45, 2.75) is 0 Å². The van der Waals surface area contributed by atoms with Gasteiger partial charge < -0.3 is 24.1 Å². The number of nitrogens with zero attached hydrogens (tertiary/aromatic N) is 3. The Balaban J connectivity index is 1.66. The first kappa shape index (κ1) is 22.6. The number of benzene rings is 2. The lowest BCUT2D eigenvalue weighted by Crippen LogP contribution is -2.43. The van der Waals surface area contributed by atoms with E-state index in [9.17, 15) is 14.4 Å². The van der Waals surface area contributed by atoms with Gasteiger partial charge in [-0.25, -0.2) is 4.79 Å². The molecule has 1 aliphatic rings. The Morgan fingerprint density at radius 3 is 2.76 bits per heavy atom. The van der Waals surface area contributed by atoms with Gasteiger partial charge in [-0.05, 0) is 18.2 Å². The maximum atomic E-state index is 12.7. The molecule has 11 heteroatoms. The first-order valence-electron chi connectivity index (χ1n) is 10.1. The van der Waals surface area contributed by atoms with Crippen LogP contribution in [-0.4, -0.2) is 66.7 Å². The minimum Gasteiger partial charge on any atom is -0.493 e. The first-order chi connectivity index (χ1) is 16.0. The fourth-order valence-electron chi connectivity index (χ4n) is 3.41. The molecule has 0 unspecified atom stereocenters. The van der Waals surface area contributed by atoms with E-state index in [2.05, 4.69) is 10.1 Å². The van der Waals surface area contributed by atoms with Crippen LogP contribution in [-0.2, 0) is 9.53 Å². The zero-order chi connectivity index (χ0) is 23.4. The second-order valence-electron chi connectivity index (χ2n) is 7.15. The van der Waals surface area contributed by atoms with Crippen LogP contribution in [0, 0.1) is 0 Å². The van der Waals surface area contributed by atoms with E-state index < -0.39 is 11.2 Å². The summed E-state index contributed by atoms with van der Waals surface area (Å²) in [7, 11) is 1.43. The van der Waals surface area contributed by atoms with E-state index in [-0.39, 0.29) is 24.0 Å². The number of halogens is 1. The minimum absolute atomic E-state index is 0.206. The molecule has 1 amide bonds. The number of ether oxygens (including phenoxy) is 3. The van der Waals surface area contributed by atoms with Crippen LogP contribution in [0.1, 0.15) is 5.56 Å². The predicted molar refractivity (Wildman–Crippen MR) is 123 cm³/mol. The van der Waals surface area contributed by atoms with E-state index in [1.54, 1.807) is 29.2 Å². The summed E-state index contributed by atoms with van der Waals surface area (Å²) in [6.45, 7) is 1.69. The Hall–Kier alpha value is -3.63. The van der Waals surface area contributed by atoms with Crippen LogP contribution in [0.2, 0.25) is 5.02 Å². The molecule has 0 atom stereocenters. The highest BCUT2D eigenvalue weighted by Gasteiger charge is 2.19. The third kappa shape index (κ3) is 4.91. The van der Waals surface area contributed by atoms with Crippen LogP contribution in [0.15, 0.2) is 51.1 Å². The fraction of sp³-hybridized carbons (Fsp3) is 0.273. The van der Waals surface area contributed by atoms with Crippen molar-refractivity contribution in [1.82, 2.24) is 14.6 Å². The highest BCUT2D eigenvalue weighted by atomic mass is 35.5. The highest BCUT2D eigenvalue weighted by molar-refractivity contribution is 6.31. The fourth-order valence-corrected chi connectivity index (χ4v) is 3.62. The van der Waals surface area contributed by atoms with E-state index in [0.29, 0.717) is 52.5 Å². The number of carbonyl (C=O) groups excluding carboxylic acids is 1. The predicted octanol–water partition coefficient (Wildman–Crippen LogP) is 1.47. The number of rotatable bonds is 6. The average Bonchev–Trinajstić information content (AvgIpc) is 2.83. The number of H-pyrrole nitrogens is 1. The second kappa shape index (κ2) is 9.88. The van der Waals surface area contributed by atoms with Crippen molar-refractivity contribution in [3.63, 3.8) is 0 Å². The summed E-state index contributed by atoms with van der Waals surface area (Å²) in [5, 5.41) is 4.68. The first-order valence-corrected chi connectivity index (χ1v) is 10.5. The summed E-state index contributed by atoms with van der Waals surface area (Å²) in [5.74, 6) is 0.274. The molecular weight excluding hydrogens is 452 g/mol. The largest absolute Gasteiger partial charge is 0.493 e. The number of methoxy groups -OCH3 is 1. The van der Waals surface area contributed by atoms with Crippen LogP contribution in [0.3, 0.4) is 0 Å². The maximum absolute atomic E-state index is 12.7. The molecule has 0 radical (unpaired) electrons. The third-order valence-electron chi connectivity index (χ3n) is 5.07. The Morgan fingerprint density at radius 1 is 1.24 bits per heavy atom. The number of para-hydroxylation sites is 1. The van der Waals surface area contributed by atoms with Gasteiger partial charge in [-0.2, -0.15) is 5.10 Å². The SMILES string of the molecule is COc1cc(Cl)cc(C=Nn2c(=O)[nH]c3ccccc3c2=O)c1OCC(=O)N1CCOCC1. The Labute approximate surface area is 192 Å². The van der Waals surface area contributed by atoms with Gasteiger partial charge in [0.25, 0.3) is 11.5 Å². The van der Waals surface area contributed by atoms with Gasteiger partial charge in [0.15, 0.2) is 18.1 Å². The van der Waals surface area contributed by atoms with Crippen molar-refractivity contribution >= 4 is 34.6 Å². The summed E-state index contributed by atoms with van der Waals surface area (Å²) in [6, 6.07) is 9.69. The van der Waals surface area contributed by atoms with Gasteiger partial charge in [-0.15, -0.1) is 4.68 Å². The van der Waals surface area contributed by atoms with Gasteiger partial charge in [-0.1, -0.05) is 23.7 Å². The van der Waals surface area contributed by atoms with Crippen molar-refractivity contribution < 1.29 is 19.0 Å². The lowest BCUT2D eigenvalue weighted by molar-refractivity contribution is -0.137. The average molecular weight is 473 g/mol. The molecule has 10 nitrogen and oxygen atoms in total. The number of carbonyl (C=O) groups is 1. The zero-order valence-corrected chi connectivity index (χ0v) is 18.5. The summed E-state index contributed by atoms with van der Waals surface area (Å²) in [4.78, 5) is 41.9. The van der Waals surface area contributed by atoms with Crippen molar-refractivity contribution in [2.75, 3.05) is 40.0 Å². The molecule has 33 heavy (non-hydrogen) atoms.